The van der Waals surface area contributed by atoms with E-state index in [0.29, 0.717) is 0 Å². The molecule has 0 amide bonds. The van der Waals surface area contributed by atoms with Crippen molar-refractivity contribution in [1.29, 1.82) is 0 Å². The van der Waals surface area contributed by atoms with Gasteiger partial charge < -0.3 is 15.0 Å². The molecule has 152 valence electrons. The zero-order valence-corrected chi connectivity index (χ0v) is 19.2. The summed E-state index contributed by atoms with van der Waals surface area (Å²) in [4.78, 5) is 9.93. The summed E-state index contributed by atoms with van der Waals surface area (Å²) in [6.07, 6.45) is 5.10. The molecule has 6 heteroatoms. The van der Waals surface area contributed by atoms with Gasteiger partial charge in [0.2, 0.25) is 0 Å². The summed E-state index contributed by atoms with van der Waals surface area (Å²) >= 11 is 0. The minimum atomic E-state index is 0. The van der Waals surface area contributed by atoms with Crippen LogP contribution in [-0.4, -0.2) is 62.1 Å². The second-order valence-corrected chi connectivity index (χ2v) is 7.46. The summed E-state index contributed by atoms with van der Waals surface area (Å²) < 4.78 is 5.24. The van der Waals surface area contributed by atoms with Crippen molar-refractivity contribution in [2.45, 2.75) is 39.2 Å². The summed E-state index contributed by atoms with van der Waals surface area (Å²) in [7, 11) is 1.72. The van der Waals surface area contributed by atoms with E-state index in [0.717, 1.165) is 50.4 Å². The number of piperidine rings is 1. The van der Waals surface area contributed by atoms with Gasteiger partial charge in [-0.05, 0) is 69.3 Å². The summed E-state index contributed by atoms with van der Waals surface area (Å²) in [6.45, 7) is 9.78. The van der Waals surface area contributed by atoms with Crippen LogP contribution in [0.15, 0.2) is 29.3 Å². The van der Waals surface area contributed by atoms with Crippen LogP contribution in [0.5, 0.6) is 5.75 Å². The first-order valence-electron chi connectivity index (χ1n) is 10.2. The first-order chi connectivity index (χ1) is 12.8. The van der Waals surface area contributed by atoms with Gasteiger partial charge in [-0.3, -0.25) is 9.89 Å². The lowest BCUT2D eigenvalue weighted by Crippen LogP contribution is -2.40. The molecule has 0 bridgehead atoms. The van der Waals surface area contributed by atoms with Crippen LogP contribution in [0.25, 0.3) is 0 Å². The predicted molar refractivity (Wildman–Crippen MR) is 123 cm³/mol. The third-order valence-corrected chi connectivity index (χ3v) is 5.51. The van der Waals surface area contributed by atoms with Crippen LogP contribution in [0.4, 0.5) is 0 Å². The second-order valence-electron chi connectivity index (χ2n) is 7.46. The first kappa shape index (κ1) is 22.3. The van der Waals surface area contributed by atoms with Crippen molar-refractivity contribution in [2.24, 2.45) is 10.9 Å². The number of likely N-dealkylation sites (tertiary alicyclic amines) is 2. The summed E-state index contributed by atoms with van der Waals surface area (Å²) in [5, 5.41) is 3.47. The zero-order chi connectivity index (χ0) is 18.2. The predicted octanol–water partition coefficient (Wildman–Crippen LogP) is 3.59. The molecule has 0 atom stereocenters. The maximum absolute atomic E-state index is 5.24. The molecule has 2 heterocycles. The topological polar surface area (TPSA) is 40.1 Å². The first-order valence-corrected chi connectivity index (χ1v) is 10.2. The Morgan fingerprint density at radius 1 is 1.11 bits per heavy atom. The Morgan fingerprint density at radius 3 is 2.37 bits per heavy atom. The van der Waals surface area contributed by atoms with Gasteiger partial charge in [-0.25, -0.2) is 0 Å². The lowest BCUT2D eigenvalue weighted by Gasteiger charge is -2.31. The van der Waals surface area contributed by atoms with Crippen LogP contribution >= 0.6 is 24.0 Å². The van der Waals surface area contributed by atoms with Gasteiger partial charge in [0, 0.05) is 32.7 Å². The molecule has 0 spiro atoms. The number of nitrogens with one attached hydrogen (secondary N) is 1. The minimum absolute atomic E-state index is 0. The van der Waals surface area contributed by atoms with Crippen LogP contribution in [0.2, 0.25) is 0 Å². The number of aliphatic imine (C=N–C) groups is 1. The lowest BCUT2D eigenvalue weighted by molar-refractivity contribution is 0.180. The molecule has 2 fully saturated rings. The molecule has 3 rings (SSSR count). The number of ether oxygens (including phenoxy) is 1. The van der Waals surface area contributed by atoms with Crippen LogP contribution in [0.1, 0.15) is 38.2 Å². The van der Waals surface area contributed by atoms with E-state index >= 15 is 0 Å². The summed E-state index contributed by atoms with van der Waals surface area (Å²) in [5.41, 5.74) is 1.37. The minimum Gasteiger partial charge on any atom is -0.497 e. The largest absolute Gasteiger partial charge is 0.497 e. The molecule has 2 aliphatic rings. The van der Waals surface area contributed by atoms with Crippen molar-refractivity contribution < 1.29 is 4.74 Å². The molecule has 0 aliphatic carbocycles. The summed E-state index contributed by atoms with van der Waals surface area (Å²) in [6, 6.07) is 8.46. The highest BCUT2D eigenvalue weighted by molar-refractivity contribution is 14.0. The van der Waals surface area contributed by atoms with E-state index in [-0.39, 0.29) is 24.0 Å². The fraction of sp³-hybridized carbons (Fsp3) is 0.667. The second kappa shape index (κ2) is 11.7. The van der Waals surface area contributed by atoms with Gasteiger partial charge in [0.25, 0.3) is 0 Å². The number of methoxy groups -OCH3 is 1. The average Bonchev–Trinajstić information content (AvgIpc) is 3.21. The molecular weight excluding hydrogens is 451 g/mol. The van der Waals surface area contributed by atoms with Gasteiger partial charge in [0.05, 0.1) is 7.11 Å². The zero-order valence-electron chi connectivity index (χ0n) is 16.8. The number of hydrogen-bond acceptors (Lipinski definition) is 3. The quantitative estimate of drug-likeness (QED) is 0.379. The standard InChI is InChI=1S/C21H34N4O.HI/c1-3-22-21(25-12-4-5-13-25)23-16-18-10-14-24(15-11-18)17-19-6-8-20(26-2)9-7-19;/h6-9,18H,3-5,10-17H2,1-2H3,(H,22,23);1H. The number of hydrogen-bond donors (Lipinski definition) is 1. The highest BCUT2D eigenvalue weighted by Crippen LogP contribution is 2.20. The SMILES string of the molecule is CCNC(=NCC1CCN(Cc2ccc(OC)cc2)CC1)N1CCCC1.I. The Hall–Kier alpha value is -1.02. The van der Waals surface area contributed by atoms with E-state index < -0.39 is 0 Å². The van der Waals surface area contributed by atoms with Crippen molar-refractivity contribution in [3.05, 3.63) is 29.8 Å². The van der Waals surface area contributed by atoms with Crippen molar-refractivity contribution in [3.8, 4) is 5.75 Å². The average molecular weight is 486 g/mol. The molecule has 1 N–H and O–H groups in total. The molecule has 1 aromatic rings. The number of halogens is 1. The third-order valence-electron chi connectivity index (χ3n) is 5.51. The molecule has 5 nitrogen and oxygen atoms in total. The van der Waals surface area contributed by atoms with Gasteiger partial charge in [-0.2, -0.15) is 0 Å². The summed E-state index contributed by atoms with van der Waals surface area (Å²) in [5.74, 6) is 2.78. The molecule has 0 aromatic heterocycles. The smallest absolute Gasteiger partial charge is 0.193 e. The van der Waals surface area contributed by atoms with Crippen molar-refractivity contribution in [3.63, 3.8) is 0 Å². The van der Waals surface area contributed by atoms with E-state index in [1.807, 2.05) is 0 Å². The van der Waals surface area contributed by atoms with Gasteiger partial charge in [-0.15, -0.1) is 24.0 Å². The van der Waals surface area contributed by atoms with E-state index in [1.54, 1.807) is 7.11 Å². The third kappa shape index (κ3) is 6.82. The van der Waals surface area contributed by atoms with Gasteiger partial charge >= 0.3 is 0 Å². The molecule has 0 radical (unpaired) electrons. The molecule has 1 aromatic carbocycles. The highest BCUT2D eigenvalue weighted by atomic mass is 127. The van der Waals surface area contributed by atoms with Crippen LogP contribution in [0, 0.1) is 5.92 Å². The number of benzene rings is 1. The van der Waals surface area contributed by atoms with Crippen molar-refractivity contribution in [2.75, 3.05) is 46.4 Å². The Kier molecular flexibility index (Phi) is 9.68. The Labute approximate surface area is 181 Å². The molecule has 2 aliphatic heterocycles. The Morgan fingerprint density at radius 2 is 1.78 bits per heavy atom. The van der Waals surface area contributed by atoms with Crippen LogP contribution in [-0.2, 0) is 6.54 Å². The van der Waals surface area contributed by atoms with Crippen LogP contribution < -0.4 is 10.1 Å². The monoisotopic (exact) mass is 486 g/mol. The fourth-order valence-corrected chi connectivity index (χ4v) is 3.89. The maximum atomic E-state index is 5.24. The van der Waals surface area contributed by atoms with E-state index in [9.17, 15) is 0 Å². The Bertz CT molecular complexity index is 564. The van der Waals surface area contributed by atoms with Gasteiger partial charge in [0.1, 0.15) is 5.75 Å². The van der Waals surface area contributed by atoms with Gasteiger partial charge in [0.15, 0.2) is 5.96 Å². The molecular formula is C21H35IN4O. The number of rotatable bonds is 6. The van der Waals surface area contributed by atoms with Crippen molar-refractivity contribution >= 4 is 29.9 Å². The lowest BCUT2D eigenvalue weighted by atomic mass is 9.96. The molecule has 2 saturated heterocycles. The maximum Gasteiger partial charge on any atom is 0.193 e. The van der Waals surface area contributed by atoms with E-state index in [1.165, 1.54) is 44.3 Å². The highest BCUT2D eigenvalue weighted by Gasteiger charge is 2.20. The Balaban J connectivity index is 0.00000261. The van der Waals surface area contributed by atoms with Crippen molar-refractivity contribution in [1.82, 2.24) is 15.1 Å². The van der Waals surface area contributed by atoms with Crippen LogP contribution in [0.3, 0.4) is 0 Å². The normalized spacial score (nSPS) is 19.0. The number of nitrogens with zero attached hydrogens (tertiary/aromatic N) is 3. The van der Waals surface area contributed by atoms with E-state index in [2.05, 4.69) is 46.3 Å². The molecule has 0 unspecified atom stereocenters. The van der Waals surface area contributed by atoms with Gasteiger partial charge in [-0.1, -0.05) is 12.1 Å². The van der Waals surface area contributed by atoms with E-state index in [4.69, 9.17) is 9.73 Å². The molecule has 27 heavy (non-hydrogen) atoms. The molecule has 0 saturated carbocycles. The number of guanidine groups is 1. The fourth-order valence-electron chi connectivity index (χ4n) is 3.89.